The van der Waals surface area contributed by atoms with Crippen LogP contribution in [0.4, 0.5) is 0 Å². The predicted octanol–water partition coefficient (Wildman–Crippen LogP) is 2.54. The molecule has 1 saturated carbocycles. The second kappa shape index (κ2) is 6.94. The Bertz CT molecular complexity index is 758. The van der Waals surface area contributed by atoms with Gasteiger partial charge in [0.25, 0.3) is 5.56 Å². The summed E-state index contributed by atoms with van der Waals surface area (Å²) in [6, 6.07) is 5.83. The van der Waals surface area contributed by atoms with Crippen LogP contribution < -0.4 is 10.9 Å². The lowest BCUT2D eigenvalue weighted by Crippen LogP contribution is -2.38. The number of hydrogen-bond donors (Lipinski definition) is 1. The molecule has 0 radical (unpaired) electrons. The minimum Gasteiger partial charge on any atom is -0.352 e. The summed E-state index contributed by atoms with van der Waals surface area (Å²) in [6.45, 7) is 1.97. The molecule has 1 aromatic carbocycles. The lowest BCUT2D eigenvalue weighted by molar-refractivity contribution is -0.122. The van der Waals surface area contributed by atoms with Gasteiger partial charge in [-0.1, -0.05) is 37.3 Å². The summed E-state index contributed by atoms with van der Waals surface area (Å²) in [5.74, 6) is -0.104. The molecule has 1 aliphatic carbocycles. The zero-order chi connectivity index (χ0) is 16.2. The van der Waals surface area contributed by atoms with E-state index in [1.165, 1.54) is 36.6 Å². The van der Waals surface area contributed by atoms with E-state index >= 15 is 0 Å². The van der Waals surface area contributed by atoms with Gasteiger partial charge in [0.15, 0.2) is 0 Å². The van der Waals surface area contributed by atoms with Crippen LogP contribution in [0.15, 0.2) is 29.3 Å². The second-order valence-corrected chi connectivity index (χ2v) is 6.45. The van der Waals surface area contributed by atoms with Crippen LogP contribution in [-0.4, -0.2) is 21.5 Å². The van der Waals surface area contributed by atoms with E-state index in [-0.39, 0.29) is 24.1 Å². The van der Waals surface area contributed by atoms with Crippen molar-refractivity contribution >= 4 is 16.8 Å². The third-order valence-corrected chi connectivity index (χ3v) is 4.51. The molecule has 1 aliphatic rings. The lowest BCUT2D eigenvalue weighted by atomic mass is 10.1. The molecule has 0 unspecified atom stereocenters. The first kappa shape index (κ1) is 15.7. The molecule has 0 atom stereocenters. The Balaban J connectivity index is 1.74. The molecular formula is C18H23N3O2. The number of aryl methyl sites for hydroxylation is 1. The first-order valence-electron chi connectivity index (χ1n) is 8.38. The first-order chi connectivity index (χ1) is 11.1. The van der Waals surface area contributed by atoms with Gasteiger partial charge in [0.1, 0.15) is 6.54 Å². The molecule has 3 rings (SSSR count). The summed E-state index contributed by atoms with van der Waals surface area (Å²) in [7, 11) is 0. The molecule has 1 aromatic heterocycles. The first-order valence-corrected chi connectivity index (χ1v) is 8.38. The molecule has 122 valence electrons. The molecule has 0 bridgehead atoms. The highest BCUT2D eigenvalue weighted by Crippen LogP contribution is 2.17. The van der Waals surface area contributed by atoms with Gasteiger partial charge >= 0.3 is 0 Å². The molecule has 1 N–H and O–H groups in total. The number of carbonyl (C=O) groups is 1. The van der Waals surface area contributed by atoms with E-state index in [1.807, 2.05) is 25.1 Å². The van der Waals surface area contributed by atoms with Gasteiger partial charge < -0.3 is 5.32 Å². The van der Waals surface area contributed by atoms with Crippen LogP contribution in [0.2, 0.25) is 0 Å². The SMILES string of the molecule is Cc1ccc2ncn(CC(=O)NC3CCCCCC3)c(=O)c2c1. The number of fused-ring (bicyclic) bond motifs is 1. The van der Waals surface area contributed by atoms with Gasteiger partial charge in [0.2, 0.25) is 5.91 Å². The maximum atomic E-state index is 12.5. The Morgan fingerprint density at radius 3 is 2.74 bits per heavy atom. The molecule has 5 nitrogen and oxygen atoms in total. The quantitative estimate of drug-likeness (QED) is 0.886. The van der Waals surface area contributed by atoms with Crippen LogP contribution in [0.3, 0.4) is 0 Å². The number of aromatic nitrogens is 2. The van der Waals surface area contributed by atoms with E-state index < -0.39 is 0 Å². The highest BCUT2D eigenvalue weighted by atomic mass is 16.2. The van der Waals surface area contributed by atoms with Crippen LogP contribution >= 0.6 is 0 Å². The predicted molar refractivity (Wildman–Crippen MR) is 90.4 cm³/mol. The summed E-state index contributed by atoms with van der Waals surface area (Å²) in [4.78, 5) is 29.0. The standard InChI is InChI=1S/C18H23N3O2/c1-13-8-9-16-15(10-13)18(23)21(12-19-16)11-17(22)20-14-6-4-2-3-5-7-14/h8-10,12,14H,2-7,11H2,1H3,(H,20,22). The Kier molecular flexibility index (Phi) is 4.74. The van der Waals surface area contributed by atoms with E-state index in [2.05, 4.69) is 10.3 Å². The smallest absolute Gasteiger partial charge is 0.261 e. The summed E-state index contributed by atoms with van der Waals surface area (Å²) >= 11 is 0. The highest BCUT2D eigenvalue weighted by Gasteiger charge is 2.15. The monoisotopic (exact) mass is 313 g/mol. The van der Waals surface area contributed by atoms with E-state index in [0.717, 1.165) is 18.4 Å². The Morgan fingerprint density at radius 2 is 2.00 bits per heavy atom. The maximum absolute atomic E-state index is 12.5. The number of nitrogens with zero attached hydrogens (tertiary/aromatic N) is 2. The molecule has 0 saturated heterocycles. The van der Waals surface area contributed by atoms with Crippen molar-refractivity contribution in [2.24, 2.45) is 0 Å². The van der Waals surface area contributed by atoms with Crippen molar-refractivity contribution in [3.05, 3.63) is 40.4 Å². The van der Waals surface area contributed by atoms with Crippen molar-refractivity contribution in [3.8, 4) is 0 Å². The molecular weight excluding hydrogens is 290 g/mol. The lowest BCUT2D eigenvalue weighted by Gasteiger charge is -2.16. The normalized spacial score (nSPS) is 16.2. The molecule has 1 fully saturated rings. The molecule has 2 aromatic rings. The third kappa shape index (κ3) is 3.78. The Labute approximate surface area is 135 Å². The Hall–Kier alpha value is -2.17. The third-order valence-electron chi connectivity index (χ3n) is 4.51. The zero-order valence-corrected chi connectivity index (χ0v) is 13.5. The molecule has 0 spiro atoms. The van der Waals surface area contributed by atoms with Crippen molar-refractivity contribution in [2.45, 2.75) is 58.0 Å². The fourth-order valence-electron chi connectivity index (χ4n) is 3.24. The van der Waals surface area contributed by atoms with Gasteiger partial charge in [-0.25, -0.2) is 4.98 Å². The number of rotatable bonds is 3. The molecule has 1 amide bonds. The van der Waals surface area contributed by atoms with Crippen molar-refractivity contribution in [2.75, 3.05) is 0 Å². The minimum atomic E-state index is -0.158. The van der Waals surface area contributed by atoms with E-state index in [4.69, 9.17) is 0 Å². The van der Waals surface area contributed by atoms with Gasteiger partial charge in [0, 0.05) is 6.04 Å². The molecule has 1 heterocycles. The number of amides is 1. The number of nitrogens with one attached hydrogen (secondary N) is 1. The number of benzene rings is 1. The summed E-state index contributed by atoms with van der Waals surface area (Å²) < 4.78 is 1.40. The van der Waals surface area contributed by atoms with E-state index in [0.29, 0.717) is 10.9 Å². The molecule has 23 heavy (non-hydrogen) atoms. The van der Waals surface area contributed by atoms with Crippen LogP contribution in [0.1, 0.15) is 44.1 Å². The summed E-state index contributed by atoms with van der Waals surface area (Å²) in [5.41, 5.74) is 1.52. The van der Waals surface area contributed by atoms with Gasteiger partial charge in [0.05, 0.1) is 17.2 Å². The van der Waals surface area contributed by atoms with Gasteiger partial charge in [-0.05, 0) is 31.9 Å². The van der Waals surface area contributed by atoms with Gasteiger partial charge in [-0.15, -0.1) is 0 Å². The van der Waals surface area contributed by atoms with Crippen LogP contribution in [0, 0.1) is 6.92 Å². The van der Waals surface area contributed by atoms with Crippen LogP contribution in [0.25, 0.3) is 10.9 Å². The summed E-state index contributed by atoms with van der Waals surface area (Å²) in [6.07, 6.45) is 8.38. The molecule has 0 aliphatic heterocycles. The van der Waals surface area contributed by atoms with Gasteiger partial charge in [-0.2, -0.15) is 0 Å². The zero-order valence-electron chi connectivity index (χ0n) is 13.5. The van der Waals surface area contributed by atoms with Gasteiger partial charge in [-0.3, -0.25) is 14.2 Å². The average Bonchev–Trinajstić information content (AvgIpc) is 2.79. The highest BCUT2D eigenvalue weighted by molar-refractivity contribution is 5.79. The van der Waals surface area contributed by atoms with E-state index in [1.54, 1.807) is 0 Å². The summed E-state index contributed by atoms with van der Waals surface area (Å²) in [5, 5.41) is 3.63. The Morgan fingerprint density at radius 1 is 1.26 bits per heavy atom. The average molecular weight is 313 g/mol. The topological polar surface area (TPSA) is 64.0 Å². The fraction of sp³-hybridized carbons (Fsp3) is 0.500. The van der Waals surface area contributed by atoms with Crippen molar-refractivity contribution in [1.82, 2.24) is 14.9 Å². The number of carbonyl (C=O) groups excluding carboxylic acids is 1. The van der Waals surface area contributed by atoms with Crippen molar-refractivity contribution < 1.29 is 4.79 Å². The molecule has 5 heteroatoms. The van der Waals surface area contributed by atoms with Crippen molar-refractivity contribution in [1.29, 1.82) is 0 Å². The maximum Gasteiger partial charge on any atom is 0.261 e. The fourth-order valence-corrected chi connectivity index (χ4v) is 3.24. The van der Waals surface area contributed by atoms with Crippen molar-refractivity contribution in [3.63, 3.8) is 0 Å². The largest absolute Gasteiger partial charge is 0.352 e. The second-order valence-electron chi connectivity index (χ2n) is 6.45. The number of hydrogen-bond acceptors (Lipinski definition) is 3. The van der Waals surface area contributed by atoms with Crippen LogP contribution in [-0.2, 0) is 11.3 Å². The minimum absolute atomic E-state index is 0.0339. The van der Waals surface area contributed by atoms with E-state index in [9.17, 15) is 9.59 Å². The van der Waals surface area contributed by atoms with Crippen LogP contribution in [0.5, 0.6) is 0 Å².